The van der Waals surface area contributed by atoms with Crippen LogP contribution in [0.5, 0.6) is 0 Å². The van der Waals surface area contributed by atoms with Gasteiger partial charge in [-0.25, -0.2) is 19.2 Å². The van der Waals surface area contributed by atoms with Crippen LogP contribution in [0.2, 0.25) is 0 Å². The fourth-order valence-corrected chi connectivity index (χ4v) is 4.40. The van der Waals surface area contributed by atoms with Gasteiger partial charge in [0.1, 0.15) is 11.3 Å². The molecule has 2 aromatic heterocycles. The van der Waals surface area contributed by atoms with Crippen molar-refractivity contribution in [2.75, 3.05) is 13.1 Å². The van der Waals surface area contributed by atoms with Gasteiger partial charge in [-0.3, -0.25) is 9.36 Å². The monoisotopic (exact) mass is 419 g/mol. The summed E-state index contributed by atoms with van der Waals surface area (Å²) >= 11 is 0. The second kappa shape index (κ2) is 7.30. The Bertz CT molecular complexity index is 1380. The molecule has 0 bridgehead atoms. The van der Waals surface area contributed by atoms with Gasteiger partial charge in [-0.05, 0) is 44.9 Å². The molecule has 0 radical (unpaired) electrons. The minimum absolute atomic E-state index is 0.00152. The third kappa shape index (κ3) is 3.28. The van der Waals surface area contributed by atoms with Crippen molar-refractivity contribution < 1.29 is 9.18 Å². The molecule has 0 aliphatic carbocycles. The van der Waals surface area contributed by atoms with E-state index in [-0.39, 0.29) is 23.2 Å². The minimum atomic E-state index is -0.506. The highest BCUT2D eigenvalue weighted by Crippen LogP contribution is 2.27. The van der Waals surface area contributed by atoms with Crippen molar-refractivity contribution in [2.24, 2.45) is 0 Å². The molecule has 0 saturated carbocycles. The van der Waals surface area contributed by atoms with Gasteiger partial charge in [0, 0.05) is 25.2 Å². The number of piperidine rings is 1. The zero-order chi connectivity index (χ0) is 21.7. The highest BCUT2D eigenvalue weighted by Gasteiger charge is 2.28. The highest BCUT2D eigenvalue weighted by molar-refractivity contribution is 6.04. The number of carbonyl (C=O) groups excluding carboxylic acids is 1. The minimum Gasteiger partial charge on any atom is -0.338 e. The number of fused-ring (bicyclic) bond motifs is 2. The van der Waals surface area contributed by atoms with Crippen LogP contribution in [0.3, 0.4) is 0 Å². The molecule has 7 nitrogen and oxygen atoms in total. The number of halogens is 1. The summed E-state index contributed by atoms with van der Waals surface area (Å²) in [6, 6.07) is 10.1. The third-order valence-electron chi connectivity index (χ3n) is 6.12. The molecular formula is C23H22FN5O2. The van der Waals surface area contributed by atoms with E-state index in [0.29, 0.717) is 48.4 Å². The molecule has 158 valence electrons. The lowest BCUT2D eigenvalue weighted by molar-refractivity contribution is 0.0696. The second-order valence-corrected chi connectivity index (χ2v) is 8.06. The molecule has 5 rings (SSSR count). The van der Waals surface area contributed by atoms with E-state index >= 15 is 0 Å². The van der Waals surface area contributed by atoms with E-state index in [1.165, 1.54) is 12.1 Å². The maximum atomic E-state index is 14.2. The fraction of sp³-hybridized carbons (Fsp3) is 0.304. The quantitative estimate of drug-likeness (QED) is 0.539. The Labute approximate surface area is 177 Å². The molecule has 4 aromatic rings. The molecule has 8 heteroatoms. The SMILES string of the molecule is Cc1nc2cc(F)cc(C(=O)N3CCC(n4c(=O)[nH]c5ccccc54)CC3)c2nc1C. The topological polar surface area (TPSA) is 83.9 Å². The molecule has 1 N–H and O–H groups in total. The van der Waals surface area contributed by atoms with Gasteiger partial charge in [-0.1, -0.05) is 12.1 Å². The summed E-state index contributed by atoms with van der Waals surface area (Å²) in [5.74, 6) is -0.764. The number of H-pyrrole nitrogens is 1. The summed E-state index contributed by atoms with van der Waals surface area (Å²) in [6.45, 7) is 4.59. The highest BCUT2D eigenvalue weighted by atomic mass is 19.1. The standard InChI is InChI=1S/C23H22FN5O2/c1-13-14(2)26-21-17(11-15(24)12-19(21)25-13)22(30)28-9-7-16(8-10-28)29-20-6-4-3-5-18(20)27-23(29)31/h3-6,11-12,16H,7-10H2,1-2H3,(H,27,31). The number of nitrogens with zero attached hydrogens (tertiary/aromatic N) is 4. The van der Waals surface area contributed by atoms with Crippen molar-refractivity contribution in [3.8, 4) is 0 Å². The molecule has 3 heterocycles. The van der Waals surface area contributed by atoms with Crippen LogP contribution in [0.4, 0.5) is 4.39 Å². The summed E-state index contributed by atoms with van der Waals surface area (Å²) in [5, 5.41) is 0. The summed E-state index contributed by atoms with van der Waals surface area (Å²) in [4.78, 5) is 39.2. The van der Waals surface area contributed by atoms with E-state index in [1.807, 2.05) is 38.1 Å². The van der Waals surface area contributed by atoms with Crippen LogP contribution >= 0.6 is 0 Å². The number of hydrogen-bond acceptors (Lipinski definition) is 4. The first-order valence-electron chi connectivity index (χ1n) is 10.4. The number of nitrogens with one attached hydrogen (secondary N) is 1. The van der Waals surface area contributed by atoms with Gasteiger partial charge in [0.25, 0.3) is 5.91 Å². The van der Waals surface area contributed by atoms with Crippen LogP contribution in [0.1, 0.15) is 40.6 Å². The van der Waals surface area contributed by atoms with Crippen molar-refractivity contribution in [3.63, 3.8) is 0 Å². The van der Waals surface area contributed by atoms with Gasteiger partial charge >= 0.3 is 5.69 Å². The van der Waals surface area contributed by atoms with E-state index in [1.54, 1.807) is 9.47 Å². The van der Waals surface area contributed by atoms with E-state index in [4.69, 9.17) is 0 Å². The Balaban J connectivity index is 1.42. The number of para-hydroxylation sites is 2. The van der Waals surface area contributed by atoms with Crippen molar-refractivity contribution in [1.82, 2.24) is 24.4 Å². The average molecular weight is 419 g/mol. The number of benzene rings is 2. The molecular weight excluding hydrogens is 397 g/mol. The number of aromatic amines is 1. The summed E-state index contributed by atoms with van der Waals surface area (Å²) in [6.07, 6.45) is 1.29. The average Bonchev–Trinajstić information content (AvgIpc) is 3.09. The Morgan fingerprint density at radius 2 is 1.81 bits per heavy atom. The smallest absolute Gasteiger partial charge is 0.326 e. The van der Waals surface area contributed by atoms with Crippen LogP contribution < -0.4 is 5.69 Å². The van der Waals surface area contributed by atoms with E-state index in [2.05, 4.69) is 15.0 Å². The molecule has 31 heavy (non-hydrogen) atoms. The van der Waals surface area contributed by atoms with E-state index in [0.717, 1.165) is 11.0 Å². The predicted octanol–water partition coefficient (Wildman–Crippen LogP) is 3.51. The van der Waals surface area contributed by atoms with E-state index < -0.39 is 5.82 Å². The zero-order valence-corrected chi connectivity index (χ0v) is 17.4. The Kier molecular flexibility index (Phi) is 4.57. The van der Waals surface area contributed by atoms with Gasteiger partial charge in [0.2, 0.25) is 0 Å². The largest absolute Gasteiger partial charge is 0.338 e. The molecule has 1 aliphatic heterocycles. The molecule has 1 aliphatic rings. The van der Waals surface area contributed by atoms with Crippen LogP contribution in [0.25, 0.3) is 22.1 Å². The van der Waals surface area contributed by atoms with Gasteiger partial charge < -0.3 is 9.88 Å². The van der Waals surface area contributed by atoms with E-state index in [9.17, 15) is 14.0 Å². The fourth-order valence-electron chi connectivity index (χ4n) is 4.40. The van der Waals surface area contributed by atoms with Crippen molar-refractivity contribution in [3.05, 3.63) is 69.7 Å². The van der Waals surface area contributed by atoms with Crippen LogP contribution in [-0.2, 0) is 0 Å². The number of imidazole rings is 1. The van der Waals surface area contributed by atoms with Crippen LogP contribution in [-0.4, -0.2) is 43.4 Å². The maximum Gasteiger partial charge on any atom is 0.326 e. The molecule has 0 atom stereocenters. The Hall–Kier alpha value is -3.55. The number of likely N-dealkylation sites (tertiary alicyclic amines) is 1. The van der Waals surface area contributed by atoms with Gasteiger partial charge in [-0.15, -0.1) is 0 Å². The molecule has 1 fully saturated rings. The van der Waals surface area contributed by atoms with Crippen LogP contribution in [0, 0.1) is 19.7 Å². The molecule has 2 aromatic carbocycles. The second-order valence-electron chi connectivity index (χ2n) is 8.06. The number of aryl methyl sites for hydroxylation is 2. The number of amides is 1. The normalized spacial score (nSPS) is 15.1. The molecule has 0 unspecified atom stereocenters. The lowest BCUT2D eigenvalue weighted by Gasteiger charge is -2.32. The molecule has 1 saturated heterocycles. The zero-order valence-electron chi connectivity index (χ0n) is 17.4. The number of carbonyl (C=O) groups is 1. The van der Waals surface area contributed by atoms with Gasteiger partial charge in [0.05, 0.1) is 33.5 Å². The number of hydrogen-bond donors (Lipinski definition) is 1. The summed E-state index contributed by atoms with van der Waals surface area (Å²) < 4.78 is 16.0. The molecule has 0 spiro atoms. The maximum absolute atomic E-state index is 14.2. The summed E-state index contributed by atoms with van der Waals surface area (Å²) in [7, 11) is 0. The van der Waals surface area contributed by atoms with Gasteiger partial charge in [-0.2, -0.15) is 0 Å². The van der Waals surface area contributed by atoms with Crippen molar-refractivity contribution >= 4 is 28.0 Å². The first-order chi connectivity index (χ1) is 14.9. The van der Waals surface area contributed by atoms with Crippen LogP contribution in [0.15, 0.2) is 41.2 Å². The first kappa shape index (κ1) is 19.4. The lowest BCUT2D eigenvalue weighted by atomic mass is 10.0. The predicted molar refractivity (Wildman–Crippen MR) is 116 cm³/mol. The number of rotatable bonds is 2. The first-order valence-corrected chi connectivity index (χ1v) is 10.4. The Morgan fingerprint density at radius 1 is 1.10 bits per heavy atom. The van der Waals surface area contributed by atoms with Crippen molar-refractivity contribution in [1.29, 1.82) is 0 Å². The lowest BCUT2D eigenvalue weighted by Crippen LogP contribution is -2.40. The Morgan fingerprint density at radius 3 is 2.58 bits per heavy atom. The van der Waals surface area contributed by atoms with Crippen molar-refractivity contribution in [2.45, 2.75) is 32.7 Å². The van der Waals surface area contributed by atoms with Gasteiger partial charge in [0.15, 0.2) is 0 Å². The third-order valence-corrected chi connectivity index (χ3v) is 6.12. The number of aromatic nitrogens is 4. The summed E-state index contributed by atoms with van der Waals surface area (Å²) in [5.41, 5.74) is 4.00. The molecule has 1 amide bonds.